The fourth-order valence-electron chi connectivity index (χ4n) is 3.59. The highest BCUT2D eigenvalue weighted by Gasteiger charge is 2.24. The molecule has 3 rings (SSSR count). The van der Waals surface area contributed by atoms with Gasteiger partial charge in [0.25, 0.3) is 0 Å². The van der Waals surface area contributed by atoms with E-state index in [-0.39, 0.29) is 11.4 Å². The zero-order valence-electron chi connectivity index (χ0n) is 14.7. The van der Waals surface area contributed by atoms with E-state index in [1.807, 2.05) is 12.1 Å². The van der Waals surface area contributed by atoms with Gasteiger partial charge in [-0.1, -0.05) is 46.5 Å². The zero-order chi connectivity index (χ0) is 17.3. The van der Waals surface area contributed by atoms with Crippen LogP contribution < -0.4 is 5.63 Å². The van der Waals surface area contributed by atoms with Gasteiger partial charge in [0, 0.05) is 5.75 Å². The first kappa shape index (κ1) is 17.4. The van der Waals surface area contributed by atoms with Gasteiger partial charge in [-0.15, -0.1) is 11.8 Å². The largest absolute Gasteiger partial charge is 0.507 e. The van der Waals surface area contributed by atoms with Crippen molar-refractivity contribution in [2.24, 2.45) is 5.92 Å². The molecule has 0 radical (unpaired) electrons. The first-order chi connectivity index (χ1) is 11.5. The van der Waals surface area contributed by atoms with Gasteiger partial charge in [0.2, 0.25) is 0 Å². The minimum atomic E-state index is -0.264. The molecule has 2 atom stereocenters. The summed E-state index contributed by atoms with van der Waals surface area (Å²) in [5.74, 6) is 1.98. The van der Waals surface area contributed by atoms with E-state index in [1.54, 1.807) is 0 Å². The van der Waals surface area contributed by atoms with Gasteiger partial charge in [-0.3, -0.25) is 0 Å². The average Bonchev–Trinajstić information content (AvgIpc) is 3.03. The molecule has 2 unspecified atom stereocenters. The zero-order valence-corrected chi connectivity index (χ0v) is 15.5. The van der Waals surface area contributed by atoms with Crippen LogP contribution in [0.3, 0.4) is 0 Å². The third-order valence-corrected chi connectivity index (χ3v) is 6.42. The van der Waals surface area contributed by atoms with E-state index in [9.17, 15) is 9.90 Å². The molecule has 1 aromatic carbocycles. The first-order valence-corrected chi connectivity index (χ1v) is 9.96. The molecule has 0 bridgehead atoms. The lowest BCUT2D eigenvalue weighted by Crippen LogP contribution is -2.08. The maximum absolute atomic E-state index is 12.2. The molecule has 4 heteroatoms. The van der Waals surface area contributed by atoms with E-state index in [4.69, 9.17) is 4.42 Å². The van der Waals surface area contributed by atoms with Gasteiger partial charge < -0.3 is 9.52 Å². The molecule has 0 spiro atoms. The van der Waals surface area contributed by atoms with E-state index in [2.05, 4.69) is 20.8 Å². The lowest BCUT2D eigenvalue weighted by molar-refractivity contribution is 0.427. The van der Waals surface area contributed by atoms with Crippen LogP contribution in [0.5, 0.6) is 5.75 Å². The maximum atomic E-state index is 12.2. The molecule has 1 N–H and O–H groups in total. The molecular weight excluding hydrogens is 320 g/mol. The molecule has 1 aliphatic rings. The van der Waals surface area contributed by atoms with Gasteiger partial charge >= 0.3 is 5.63 Å². The predicted molar refractivity (Wildman–Crippen MR) is 100 cm³/mol. The van der Waals surface area contributed by atoms with Gasteiger partial charge in [0.05, 0.1) is 10.3 Å². The van der Waals surface area contributed by atoms with Gasteiger partial charge in [-0.2, -0.15) is 0 Å². The van der Waals surface area contributed by atoms with Crippen molar-refractivity contribution in [1.29, 1.82) is 0 Å². The second-order valence-electron chi connectivity index (χ2n) is 6.97. The van der Waals surface area contributed by atoms with Crippen molar-refractivity contribution in [1.82, 2.24) is 0 Å². The van der Waals surface area contributed by atoms with Gasteiger partial charge in [-0.05, 0) is 41.5 Å². The smallest absolute Gasteiger partial charge is 0.350 e. The highest BCUT2D eigenvalue weighted by Crippen LogP contribution is 2.40. The molecule has 2 aromatic rings. The second-order valence-corrected chi connectivity index (χ2v) is 8.08. The van der Waals surface area contributed by atoms with Crippen LogP contribution in [-0.4, -0.2) is 10.9 Å². The third-order valence-electron chi connectivity index (χ3n) is 5.31. The highest BCUT2D eigenvalue weighted by atomic mass is 32.2. The lowest BCUT2D eigenvalue weighted by atomic mass is 9.85. The normalized spacial score (nSPS) is 16.3. The Bertz CT molecular complexity index is 794. The molecular formula is C20H26O3S. The summed E-state index contributed by atoms with van der Waals surface area (Å²) in [7, 11) is 0. The van der Waals surface area contributed by atoms with Gasteiger partial charge in [0.15, 0.2) is 0 Å². The summed E-state index contributed by atoms with van der Waals surface area (Å²) in [5.41, 5.74) is 2.28. The fraction of sp³-hybridized carbons (Fsp3) is 0.550. The van der Waals surface area contributed by atoms with Crippen LogP contribution in [-0.2, 0) is 6.42 Å². The van der Waals surface area contributed by atoms with Crippen molar-refractivity contribution in [3.63, 3.8) is 0 Å². The Morgan fingerprint density at radius 3 is 2.83 bits per heavy atom. The average molecular weight is 346 g/mol. The Morgan fingerprint density at radius 2 is 2.08 bits per heavy atom. The van der Waals surface area contributed by atoms with Crippen LogP contribution in [0.4, 0.5) is 0 Å². The summed E-state index contributed by atoms with van der Waals surface area (Å²) in [5, 5.41) is 11.3. The third kappa shape index (κ3) is 3.21. The molecule has 130 valence electrons. The number of thioether (sulfide) groups is 1. The van der Waals surface area contributed by atoms with Crippen molar-refractivity contribution in [3.8, 4) is 5.75 Å². The molecule has 3 nitrogen and oxygen atoms in total. The van der Waals surface area contributed by atoms with E-state index in [1.165, 1.54) is 37.4 Å². The van der Waals surface area contributed by atoms with Crippen molar-refractivity contribution < 1.29 is 9.52 Å². The van der Waals surface area contributed by atoms with Crippen LogP contribution in [0.2, 0.25) is 0 Å². The molecule has 24 heavy (non-hydrogen) atoms. The number of unbranched alkanes of at least 4 members (excludes halogenated alkanes) is 2. The van der Waals surface area contributed by atoms with Gasteiger partial charge in [-0.25, -0.2) is 4.79 Å². The van der Waals surface area contributed by atoms with E-state index in [0.29, 0.717) is 22.3 Å². The molecule has 2 heterocycles. The Morgan fingerprint density at radius 1 is 1.29 bits per heavy atom. The molecule has 0 saturated carbocycles. The Balaban J connectivity index is 1.96. The van der Waals surface area contributed by atoms with Crippen LogP contribution in [0.25, 0.3) is 11.0 Å². The van der Waals surface area contributed by atoms with Crippen LogP contribution in [0.1, 0.15) is 63.5 Å². The maximum Gasteiger partial charge on any atom is 0.350 e. The summed E-state index contributed by atoms with van der Waals surface area (Å²) in [4.78, 5) is 12.8. The number of rotatable bonds is 6. The topological polar surface area (TPSA) is 50.4 Å². The Hall–Kier alpha value is -1.42. The van der Waals surface area contributed by atoms with Crippen LogP contribution in [0.15, 0.2) is 26.2 Å². The van der Waals surface area contributed by atoms with E-state index < -0.39 is 0 Å². The standard InChI is InChI=1S/C20H26O3S/c1-4-5-6-7-12(2)13(3)14-10-16(21)18-15-8-9-24-19(15)20(22)23-17(18)11-14/h10-13,21H,4-9H2,1-3H3. The lowest BCUT2D eigenvalue weighted by Gasteiger charge is -2.21. The number of hydrogen-bond acceptors (Lipinski definition) is 4. The van der Waals surface area contributed by atoms with Crippen molar-refractivity contribution in [2.45, 2.75) is 63.7 Å². The highest BCUT2D eigenvalue weighted by molar-refractivity contribution is 7.99. The molecule has 1 aromatic heterocycles. The molecule has 0 aliphatic carbocycles. The van der Waals surface area contributed by atoms with E-state index >= 15 is 0 Å². The number of fused-ring (bicyclic) bond motifs is 3. The first-order valence-electron chi connectivity index (χ1n) is 8.98. The summed E-state index contributed by atoms with van der Waals surface area (Å²) in [6.07, 6.45) is 5.72. The number of phenolic OH excluding ortho intramolecular Hbond substituents is 1. The molecule has 0 fully saturated rings. The molecule has 0 amide bonds. The summed E-state index contributed by atoms with van der Waals surface area (Å²) < 4.78 is 5.52. The summed E-state index contributed by atoms with van der Waals surface area (Å²) in [6.45, 7) is 6.67. The summed E-state index contributed by atoms with van der Waals surface area (Å²) >= 11 is 1.53. The Kier molecular flexibility index (Phi) is 5.24. The van der Waals surface area contributed by atoms with Crippen molar-refractivity contribution in [2.75, 3.05) is 5.75 Å². The number of phenols is 1. The second kappa shape index (κ2) is 7.22. The monoisotopic (exact) mass is 346 g/mol. The Labute approximate surface area is 147 Å². The summed E-state index contributed by atoms with van der Waals surface area (Å²) in [6, 6.07) is 3.83. The van der Waals surface area contributed by atoms with Gasteiger partial charge in [0.1, 0.15) is 11.3 Å². The number of aromatic hydroxyl groups is 1. The minimum absolute atomic E-state index is 0.248. The number of benzene rings is 1. The van der Waals surface area contributed by atoms with E-state index in [0.717, 1.165) is 28.7 Å². The quantitative estimate of drug-likeness (QED) is 0.557. The fourth-order valence-corrected chi connectivity index (χ4v) is 4.63. The number of hydrogen-bond donors (Lipinski definition) is 1. The number of aryl methyl sites for hydroxylation is 1. The SMILES string of the molecule is CCCCCC(C)C(C)c1cc(O)c2c3c(c(=O)oc2c1)SCC3. The van der Waals surface area contributed by atoms with Crippen LogP contribution >= 0.6 is 11.8 Å². The van der Waals surface area contributed by atoms with Crippen molar-refractivity contribution >= 4 is 22.7 Å². The molecule has 1 aliphatic heterocycles. The van der Waals surface area contributed by atoms with Crippen molar-refractivity contribution in [3.05, 3.63) is 33.7 Å². The molecule has 0 saturated heterocycles. The van der Waals surface area contributed by atoms with Crippen LogP contribution in [0, 0.1) is 5.92 Å². The minimum Gasteiger partial charge on any atom is -0.507 e. The predicted octanol–water partition coefficient (Wildman–Crippen LogP) is 5.47.